The second-order valence-corrected chi connectivity index (χ2v) is 4.67. The van der Waals surface area contributed by atoms with Crippen molar-refractivity contribution in [2.24, 2.45) is 0 Å². The molecular weight excluding hydrogens is 266 g/mol. The molecule has 1 heterocycles. The molecule has 100 valence electrons. The first-order valence-corrected chi connectivity index (χ1v) is 6.42. The lowest BCUT2D eigenvalue weighted by molar-refractivity contribution is -0.384. The van der Waals surface area contributed by atoms with Gasteiger partial charge in [0.15, 0.2) is 0 Å². The molecule has 1 aromatic carbocycles. The van der Waals surface area contributed by atoms with Crippen molar-refractivity contribution in [2.75, 3.05) is 0 Å². The molecule has 0 aliphatic rings. The summed E-state index contributed by atoms with van der Waals surface area (Å²) < 4.78 is 2.00. The summed E-state index contributed by atoms with van der Waals surface area (Å²) in [6.45, 7) is 2.65. The molecule has 0 radical (unpaired) electrons. The summed E-state index contributed by atoms with van der Waals surface area (Å²) in [5.74, 6) is 0.986. The van der Waals surface area contributed by atoms with Gasteiger partial charge in [0.05, 0.1) is 4.92 Å². The van der Waals surface area contributed by atoms with E-state index in [1.807, 2.05) is 10.8 Å². The van der Waals surface area contributed by atoms with E-state index in [0.29, 0.717) is 6.54 Å². The molecule has 0 N–H and O–H groups in total. The van der Waals surface area contributed by atoms with E-state index < -0.39 is 4.92 Å². The highest BCUT2D eigenvalue weighted by atomic mass is 35.5. The molecule has 1 aromatic heterocycles. The molecule has 0 spiro atoms. The summed E-state index contributed by atoms with van der Waals surface area (Å²) in [6, 6.07) is 4.87. The quantitative estimate of drug-likeness (QED) is 0.622. The van der Waals surface area contributed by atoms with Crippen LogP contribution in [0.15, 0.2) is 30.6 Å². The van der Waals surface area contributed by atoms with E-state index in [9.17, 15) is 10.1 Å². The summed E-state index contributed by atoms with van der Waals surface area (Å²) in [4.78, 5) is 14.7. The van der Waals surface area contributed by atoms with Crippen LogP contribution in [0.25, 0.3) is 0 Å². The maximum atomic E-state index is 10.8. The van der Waals surface area contributed by atoms with Gasteiger partial charge in [-0.15, -0.1) is 0 Å². The SMILES string of the molecule is CCCc1nccn1Cc1ccc(Cl)c([N+](=O)[O-])c1. The largest absolute Gasteiger partial charge is 0.331 e. The Bertz CT molecular complexity index is 595. The van der Waals surface area contributed by atoms with Crippen LogP contribution in [0.5, 0.6) is 0 Å². The summed E-state index contributed by atoms with van der Waals surface area (Å²) >= 11 is 5.79. The molecule has 19 heavy (non-hydrogen) atoms. The third-order valence-electron chi connectivity index (χ3n) is 2.84. The Kier molecular flexibility index (Phi) is 4.16. The molecular formula is C13H14ClN3O2. The van der Waals surface area contributed by atoms with Crippen LogP contribution >= 0.6 is 11.6 Å². The maximum absolute atomic E-state index is 10.8. The number of imidazole rings is 1. The first kappa shape index (κ1) is 13.5. The Balaban J connectivity index is 2.26. The van der Waals surface area contributed by atoms with Crippen molar-refractivity contribution >= 4 is 17.3 Å². The second-order valence-electron chi connectivity index (χ2n) is 4.26. The highest BCUT2D eigenvalue weighted by Gasteiger charge is 2.13. The van der Waals surface area contributed by atoms with Crippen molar-refractivity contribution in [3.05, 3.63) is 57.1 Å². The zero-order valence-corrected chi connectivity index (χ0v) is 11.3. The third-order valence-corrected chi connectivity index (χ3v) is 3.16. The number of nitro benzene ring substituents is 1. The second kappa shape index (κ2) is 5.84. The predicted molar refractivity (Wildman–Crippen MR) is 73.4 cm³/mol. The Morgan fingerprint density at radius 3 is 2.95 bits per heavy atom. The predicted octanol–water partition coefficient (Wildman–Crippen LogP) is 3.45. The molecule has 0 saturated carbocycles. The average molecular weight is 280 g/mol. The van der Waals surface area contributed by atoms with Crippen LogP contribution < -0.4 is 0 Å². The van der Waals surface area contributed by atoms with E-state index in [0.717, 1.165) is 24.2 Å². The minimum Gasteiger partial charge on any atom is -0.331 e. The van der Waals surface area contributed by atoms with Crippen LogP contribution in [0, 0.1) is 10.1 Å². The van der Waals surface area contributed by atoms with Gasteiger partial charge >= 0.3 is 0 Å². The van der Waals surface area contributed by atoms with E-state index in [4.69, 9.17) is 11.6 Å². The molecule has 0 aliphatic carbocycles. The monoisotopic (exact) mass is 279 g/mol. The number of nitrogens with zero attached hydrogens (tertiary/aromatic N) is 3. The first-order chi connectivity index (χ1) is 9.11. The van der Waals surface area contributed by atoms with Crippen molar-refractivity contribution in [2.45, 2.75) is 26.3 Å². The molecule has 2 rings (SSSR count). The molecule has 0 amide bonds. The van der Waals surface area contributed by atoms with Gasteiger partial charge in [-0.05, 0) is 18.1 Å². The van der Waals surface area contributed by atoms with Crippen molar-refractivity contribution in [3.8, 4) is 0 Å². The Hall–Kier alpha value is -1.88. The highest BCUT2D eigenvalue weighted by molar-refractivity contribution is 6.32. The number of hydrogen-bond donors (Lipinski definition) is 0. The summed E-state index contributed by atoms with van der Waals surface area (Å²) in [5.41, 5.74) is 0.780. The molecule has 0 bridgehead atoms. The molecule has 0 saturated heterocycles. The van der Waals surface area contributed by atoms with Crippen molar-refractivity contribution in [3.63, 3.8) is 0 Å². The minimum absolute atomic E-state index is 0.0590. The lowest BCUT2D eigenvalue weighted by Crippen LogP contribution is -2.04. The van der Waals surface area contributed by atoms with Crippen LogP contribution in [0.1, 0.15) is 24.7 Å². The Labute approximate surface area is 116 Å². The fourth-order valence-electron chi connectivity index (χ4n) is 1.93. The number of aromatic nitrogens is 2. The Morgan fingerprint density at radius 2 is 2.26 bits per heavy atom. The van der Waals surface area contributed by atoms with Crippen molar-refractivity contribution < 1.29 is 4.92 Å². The lowest BCUT2D eigenvalue weighted by Gasteiger charge is -2.07. The molecule has 0 aliphatic heterocycles. The van der Waals surface area contributed by atoms with E-state index in [2.05, 4.69) is 11.9 Å². The van der Waals surface area contributed by atoms with E-state index in [1.165, 1.54) is 6.07 Å². The topological polar surface area (TPSA) is 61.0 Å². The van der Waals surface area contributed by atoms with Gasteiger partial charge in [-0.2, -0.15) is 0 Å². The van der Waals surface area contributed by atoms with Crippen LogP contribution in [0.2, 0.25) is 5.02 Å². The molecule has 6 heteroatoms. The fourth-order valence-corrected chi connectivity index (χ4v) is 2.12. The summed E-state index contributed by atoms with van der Waals surface area (Å²) in [5, 5.41) is 11.0. The summed E-state index contributed by atoms with van der Waals surface area (Å²) in [6.07, 6.45) is 5.53. The van der Waals surface area contributed by atoms with Gasteiger partial charge in [0.2, 0.25) is 0 Å². The van der Waals surface area contributed by atoms with Crippen molar-refractivity contribution in [1.82, 2.24) is 9.55 Å². The number of benzene rings is 1. The zero-order chi connectivity index (χ0) is 13.8. The number of rotatable bonds is 5. The minimum atomic E-state index is -0.466. The molecule has 2 aromatic rings. The van der Waals surface area contributed by atoms with Gasteiger partial charge in [-0.25, -0.2) is 4.98 Å². The number of nitro groups is 1. The molecule has 5 nitrogen and oxygen atoms in total. The van der Waals surface area contributed by atoms with Gasteiger partial charge in [0.25, 0.3) is 5.69 Å². The molecule has 0 unspecified atom stereocenters. The van der Waals surface area contributed by atoms with Crippen molar-refractivity contribution in [1.29, 1.82) is 0 Å². The lowest BCUT2D eigenvalue weighted by atomic mass is 10.2. The maximum Gasteiger partial charge on any atom is 0.288 e. The summed E-state index contributed by atoms with van der Waals surface area (Å²) in [7, 11) is 0. The third kappa shape index (κ3) is 3.12. The van der Waals surface area contributed by atoms with E-state index in [-0.39, 0.29) is 10.7 Å². The van der Waals surface area contributed by atoms with E-state index in [1.54, 1.807) is 18.3 Å². The van der Waals surface area contributed by atoms with Gasteiger partial charge in [-0.1, -0.05) is 24.6 Å². The standard InChI is InChI=1S/C13H14ClN3O2/c1-2-3-13-15-6-7-16(13)9-10-4-5-11(14)12(8-10)17(18)19/h4-8H,2-3,9H2,1H3. The zero-order valence-electron chi connectivity index (χ0n) is 10.5. The molecule has 0 atom stereocenters. The Morgan fingerprint density at radius 1 is 1.47 bits per heavy atom. The van der Waals surface area contributed by atoms with E-state index >= 15 is 0 Å². The first-order valence-electron chi connectivity index (χ1n) is 6.04. The number of hydrogen-bond acceptors (Lipinski definition) is 3. The van der Waals surface area contributed by atoms with Gasteiger partial charge in [-0.3, -0.25) is 10.1 Å². The molecule has 0 fully saturated rings. The van der Waals surface area contributed by atoms with Gasteiger partial charge < -0.3 is 4.57 Å². The normalized spacial score (nSPS) is 10.6. The number of aryl methyl sites for hydroxylation is 1. The van der Waals surface area contributed by atoms with Gasteiger partial charge in [0, 0.05) is 31.4 Å². The average Bonchev–Trinajstić information content (AvgIpc) is 2.79. The smallest absolute Gasteiger partial charge is 0.288 e. The fraction of sp³-hybridized carbons (Fsp3) is 0.308. The van der Waals surface area contributed by atoms with Crippen LogP contribution in [-0.4, -0.2) is 14.5 Å². The van der Waals surface area contributed by atoms with Gasteiger partial charge in [0.1, 0.15) is 10.8 Å². The van der Waals surface area contributed by atoms with Crippen LogP contribution in [-0.2, 0) is 13.0 Å². The van der Waals surface area contributed by atoms with Crippen LogP contribution in [0.4, 0.5) is 5.69 Å². The highest BCUT2D eigenvalue weighted by Crippen LogP contribution is 2.25. The number of halogens is 1. The van der Waals surface area contributed by atoms with Crippen LogP contribution in [0.3, 0.4) is 0 Å².